The zero-order valence-electron chi connectivity index (χ0n) is 11.1. The molecule has 3 rings (SSSR count). The van der Waals surface area contributed by atoms with E-state index in [1.807, 2.05) is 12.1 Å². The van der Waals surface area contributed by atoms with Crippen LogP contribution in [0, 0.1) is 11.3 Å². The van der Waals surface area contributed by atoms with E-state index in [2.05, 4.69) is 63.3 Å². The van der Waals surface area contributed by atoms with Crippen molar-refractivity contribution in [1.29, 1.82) is 5.26 Å². The average molecular weight is 327 g/mol. The molecular weight excluding hydrogens is 312 g/mol. The van der Waals surface area contributed by atoms with Crippen molar-refractivity contribution in [3.05, 3.63) is 64.1 Å². The molecule has 1 saturated heterocycles. The van der Waals surface area contributed by atoms with Gasteiger partial charge in [-0.05, 0) is 54.8 Å². The lowest BCUT2D eigenvalue weighted by molar-refractivity contribution is 0.719. The molecule has 20 heavy (non-hydrogen) atoms. The van der Waals surface area contributed by atoms with E-state index >= 15 is 0 Å². The van der Waals surface area contributed by atoms with Gasteiger partial charge in [-0.3, -0.25) is 0 Å². The molecule has 0 bridgehead atoms. The van der Waals surface area contributed by atoms with Crippen LogP contribution in [0.25, 0.3) is 0 Å². The van der Waals surface area contributed by atoms with Crippen molar-refractivity contribution in [3.63, 3.8) is 0 Å². The fourth-order valence-electron chi connectivity index (χ4n) is 2.83. The minimum absolute atomic E-state index is 0.441. The smallest absolute Gasteiger partial charge is 0.0991 e. The van der Waals surface area contributed by atoms with E-state index in [4.69, 9.17) is 5.26 Å². The third kappa shape index (κ3) is 2.57. The van der Waals surface area contributed by atoms with E-state index in [1.54, 1.807) is 0 Å². The molecule has 0 saturated carbocycles. The number of benzene rings is 2. The van der Waals surface area contributed by atoms with Crippen LogP contribution < -0.4 is 4.90 Å². The lowest BCUT2D eigenvalue weighted by Crippen LogP contribution is -2.22. The van der Waals surface area contributed by atoms with Gasteiger partial charge in [0.25, 0.3) is 0 Å². The largest absolute Gasteiger partial charge is 0.364 e. The van der Waals surface area contributed by atoms with Crippen molar-refractivity contribution < 1.29 is 0 Å². The number of anilines is 1. The molecule has 1 aliphatic heterocycles. The quantitative estimate of drug-likeness (QED) is 0.802. The Bertz CT molecular complexity index is 626. The summed E-state index contributed by atoms with van der Waals surface area (Å²) >= 11 is 3.49. The SMILES string of the molecule is N#Cc1ccc(N2CCCC2c2ccc(Br)cc2)cc1. The highest BCUT2D eigenvalue weighted by Gasteiger charge is 2.25. The molecule has 1 unspecified atom stereocenters. The second-order valence-corrected chi connectivity index (χ2v) is 5.98. The normalized spacial score (nSPS) is 18.0. The standard InChI is InChI=1S/C17H15BrN2/c18-15-7-5-14(6-8-15)17-2-1-11-20(17)16-9-3-13(12-19)4-10-16/h3-10,17H,1-2,11H2. The summed E-state index contributed by atoms with van der Waals surface area (Å²) in [4.78, 5) is 2.43. The molecule has 2 aromatic rings. The maximum atomic E-state index is 8.88. The van der Waals surface area contributed by atoms with Crippen LogP contribution in [0.4, 0.5) is 5.69 Å². The van der Waals surface area contributed by atoms with Crippen LogP contribution in [0.3, 0.4) is 0 Å². The maximum Gasteiger partial charge on any atom is 0.0991 e. The van der Waals surface area contributed by atoms with Crippen molar-refractivity contribution >= 4 is 21.6 Å². The van der Waals surface area contributed by atoms with Gasteiger partial charge in [0, 0.05) is 16.7 Å². The molecule has 2 nitrogen and oxygen atoms in total. The molecule has 0 aliphatic carbocycles. The highest BCUT2D eigenvalue weighted by Crippen LogP contribution is 2.36. The number of hydrogen-bond acceptors (Lipinski definition) is 2. The monoisotopic (exact) mass is 326 g/mol. The molecule has 1 heterocycles. The Balaban J connectivity index is 1.88. The van der Waals surface area contributed by atoms with Gasteiger partial charge < -0.3 is 4.90 Å². The Morgan fingerprint density at radius 3 is 2.40 bits per heavy atom. The third-order valence-corrected chi connectivity index (χ3v) is 4.36. The summed E-state index contributed by atoms with van der Waals surface area (Å²) in [6, 6.07) is 19.1. The molecule has 0 aromatic heterocycles. The van der Waals surface area contributed by atoms with Gasteiger partial charge in [0.05, 0.1) is 17.7 Å². The van der Waals surface area contributed by atoms with Crippen LogP contribution in [0.2, 0.25) is 0 Å². The molecule has 0 amide bonds. The first-order valence-electron chi connectivity index (χ1n) is 6.80. The molecule has 0 spiro atoms. The van der Waals surface area contributed by atoms with Crippen LogP contribution in [0.15, 0.2) is 53.0 Å². The van der Waals surface area contributed by atoms with Gasteiger partial charge >= 0.3 is 0 Å². The van der Waals surface area contributed by atoms with Crippen molar-refractivity contribution in [3.8, 4) is 6.07 Å². The average Bonchev–Trinajstić information content (AvgIpc) is 2.97. The number of rotatable bonds is 2. The fraction of sp³-hybridized carbons (Fsp3) is 0.235. The molecule has 1 atom stereocenters. The first-order valence-corrected chi connectivity index (χ1v) is 7.59. The predicted molar refractivity (Wildman–Crippen MR) is 84.6 cm³/mol. The van der Waals surface area contributed by atoms with Gasteiger partial charge in [-0.15, -0.1) is 0 Å². The molecule has 2 aromatic carbocycles. The van der Waals surface area contributed by atoms with Gasteiger partial charge in [-0.25, -0.2) is 0 Å². The first kappa shape index (κ1) is 13.2. The Morgan fingerprint density at radius 1 is 1.05 bits per heavy atom. The molecular formula is C17H15BrN2. The van der Waals surface area contributed by atoms with Crippen molar-refractivity contribution in [2.45, 2.75) is 18.9 Å². The summed E-state index contributed by atoms with van der Waals surface area (Å²) in [6.07, 6.45) is 2.39. The molecule has 0 radical (unpaired) electrons. The summed E-state index contributed by atoms with van der Waals surface area (Å²) in [6.45, 7) is 1.08. The van der Waals surface area contributed by atoms with Crippen molar-refractivity contribution in [1.82, 2.24) is 0 Å². The minimum atomic E-state index is 0.441. The van der Waals surface area contributed by atoms with Gasteiger partial charge in [-0.1, -0.05) is 28.1 Å². The van der Waals surface area contributed by atoms with Gasteiger partial charge in [0.2, 0.25) is 0 Å². The van der Waals surface area contributed by atoms with Crippen LogP contribution >= 0.6 is 15.9 Å². The lowest BCUT2D eigenvalue weighted by Gasteiger charge is -2.27. The second kappa shape index (κ2) is 5.68. The van der Waals surface area contributed by atoms with E-state index in [1.165, 1.54) is 24.1 Å². The summed E-state index contributed by atoms with van der Waals surface area (Å²) in [7, 11) is 0. The van der Waals surface area contributed by atoms with E-state index in [9.17, 15) is 0 Å². The van der Waals surface area contributed by atoms with Gasteiger partial charge in [0.1, 0.15) is 0 Å². The fourth-order valence-corrected chi connectivity index (χ4v) is 3.10. The molecule has 100 valence electrons. The highest BCUT2D eigenvalue weighted by atomic mass is 79.9. The zero-order chi connectivity index (χ0) is 13.9. The maximum absolute atomic E-state index is 8.88. The Morgan fingerprint density at radius 2 is 1.75 bits per heavy atom. The molecule has 3 heteroatoms. The van der Waals surface area contributed by atoms with E-state index in [0.29, 0.717) is 11.6 Å². The van der Waals surface area contributed by atoms with Crippen molar-refractivity contribution in [2.75, 3.05) is 11.4 Å². The second-order valence-electron chi connectivity index (χ2n) is 5.06. The number of nitrogens with zero attached hydrogens (tertiary/aromatic N) is 2. The topological polar surface area (TPSA) is 27.0 Å². The summed E-state index contributed by atoms with van der Waals surface area (Å²) in [5.41, 5.74) is 3.28. The highest BCUT2D eigenvalue weighted by molar-refractivity contribution is 9.10. The molecule has 1 fully saturated rings. The van der Waals surface area contributed by atoms with E-state index < -0.39 is 0 Å². The van der Waals surface area contributed by atoms with E-state index in [-0.39, 0.29) is 0 Å². The van der Waals surface area contributed by atoms with Crippen LogP contribution in [0.1, 0.15) is 30.0 Å². The van der Waals surface area contributed by atoms with Crippen LogP contribution in [-0.4, -0.2) is 6.54 Å². The van der Waals surface area contributed by atoms with E-state index in [0.717, 1.165) is 11.0 Å². The number of nitriles is 1. The third-order valence-electron chi connectivity index (χ3n) is 3.84. The number of halogens is 1. The van der Waals surface area contributed by atoms with Crippen LogP contribution in [0.5, 0.6) is 0 Å². The first-order chi connectivity index (χ1) is 9.78. The summed E-state index contributed by atoms with van der Waals surface area (Å²) in [5, 5.41) is 8.88. The van der Waals surface area contributed by atoms with Gasteiger partial charge in [0.15, 0.2) is 0 Å². The van der Waals surface area contributed by atoms with Gasteiger partial charge in [-0.2, -0.15) is 5.26 Å². The molecule has 1 aliphatic rings. The predicted octanol–water partition coefficient (Wildman–Crippen LogP) is 4.66. The minimum Gasteiger partial charge on any atom is -0.364 e. The zero-order valence-corrected chi connectivity index (χ0v) is 12.7. The molecule has 0 N–H and O–H groups in total. The Kier molecular flexibility index (Phi) is 3.75. The number of hydrogen-bond donors (Lipinski definition) is 0. The Hall–Kier alpha value is -1.79. The lowest BCUT2D eigenvalue weighted by atomic mass is 10.0. The Labute approximate surface area is 127 Å². The van der Waals surface area contributed by atoms with Crippen LogP contribution in [-0.2, 0) is 0 Å². The summed E-state index contributed by atoms with van der Waals surface area (Å²) < 4.78 is 1.11. The summed E-state index contributed by atoms with van der Waals surface area (Å²) in [5.74, 6) is 0. The van der Waals surface area contributed by atoms with Crippen molar-refractivity contribution in [2.24, 2.45) is 0 Å².